The van der Waals surface area contributed by atoms with Crippen molar-refractivity contribution in [2.24, 2.45) is 7.05 Å². The van der Waals surface area contributed by atoms with Crippen LogP contribution in [0, 0.1) is 11.3 Å². The minimum absolute atomic E-state index is 0.0499. The molecule has 40 heavy (non-hydrogen) atoms. The van der Waals surface area contributed by atoms with Crippen LogP contribution in [-0.4, -0.2) is 64.1 Å². The number of nitrogens with one attached hydrogen (secondary N) is 1. The van der Waals surface area contributed by atoms with Crippen LogP contribution < -0.4 is 9.62 Å². The third-order valence-corrected chi connectivity index (χ3v) is 7.73. The molecule has 1 saturated heterocycles. The second kappa shape index (κ2) is 14.0. The average molecular weight is 567 g/mol. The van der Waals surface area contributed by atoms with E-state index in [2.05, 4.69) is 59.9 Å². The summed E-state index contributed by atoms with van der Waals surface area (Å²) >= 11 is 0.731. The first-order chi connectivity index (χ1) is 19.4. The zero-order valence-electron chi connectivity index (χ0n) is 23.2. The molecule has 4 atom stereocenters. The van der Waals surface area contributed by atoms with Crippen LogP contribution in [0.4, 0.5) is 5.69 Å². The van der Waals surface area contributed by atoms with Gasteiger partial charge in [0.25, 0.3) is 0 Å². The van der Waals surface area contributed by atoms with E-state index in [9.17, 15) is 20.6 Å². The molecular formula is C30H38N4O5S. The first kappa shape index (κ1) is 29.9. The molecule has 1 fully saturated rings. The Morgan fingerprint density at radius 2 is 1.88 bits per heavy atom. The van der Waals surface area contributed by atoms with Crippen LogP contribution in [-0.2, 0) is 16.0 Å². The van der Waals surface area contributed by atoms with E-state index in [1.807, 2.05) is 29.8 Å². The van der Waals surface area contributed by atoms with E-state index in [4.69, 9.17) is 8.92 Å². The van der Waals surface area contributed by atoms with Gasteiger partial charge in [-0.3, -0.25) is 0 Å². The van der Waals surface area contributed by atoms with Gasteiger partial charge >= 0.3 is 0 Å². The highest BCUT2D eigenvalue weighted by Gasteiger charge is 2.37. The molecule has 0 saturated carbocycles. The number of benzene rings is 2. The average Bonchev–Trinajstić information content (AvgIpc) is 3.32. The van der Waals surface area contributed by atoms with Crippen LogP contribution in [0.15, 0.2) is 54.3 Å². The molecule has 2 heterocycles. The summed E-state index contributed by atoms with van der Waals surface area (Å²) in [6.07, 6.45) is 1.14. The van der Waals surface area contributed by atoms with E-state index in [-0.39, 0.29) is 18.8 Å². The molecule has 2 aromatic carbocycles. The first-order valence-electron chi connectivity index (χ1n) is 13.7. The van der Waals surface area contributed by atoms with Crippen LogP contribution in [0.25, 0.3) is 28.1 Å². The number of ether oxygens (including phenoxy) is 1. The number of allylic oxidation sites excluding steroid dienone is 1. The monoisotopic (exact) mass is 566 g/mol. The molecule has 214 valence electrons. The molecule has 0 aliphatic carbocycles. The molecule has 9 nitrogen and oxygen atoms in total. The Kier molecular flexibility index (Phi) is 10.5. The number of aliphatic hydroxyl groups is 3. The Morgan fingerprint density at radius 3 is 2.55 bits per heavy atom. The van der Waals surface area contributed by atoms with Crippen LogP contribution >= 0.6 is 12.2 Å². The van der Waals surface area contributed by atoms with Crippen molar-refractivity contribution >= 4 is 34.8 Å². The fourth-order valence-electron chi connectivity index (χ4n) is 4.99. The minimum atomic E-state index is -1.32. The second-order valence-electron chi connectivity index (χ2n) is 10.0. The lowest BCUT2D eigenvalue weighted by molar-refractivity contribution is -0.210. The van der Waals surface area contributed by atoms with Crippen LogP contribution in [0.3, 0.4) is 0 Å². The number of hydrogen-bond acceptors (Lipinski definition) is 9. The smallest absolute Gasteiger partial charge is 0.217 e. The summed E-state index contributed by atoms with van der Waals surface area (Å²) in [4.78, 5) is 2.44. The summed E-state index contributed by atoms with van der Waals surface area (Å²) in [5.74, 6) is 0.0499. The van der Waals surface area contributed by atoms with E-state index in [1.165, 1.54) is 11.1 Å². The van der Waals surface area contributed by atoms with Gasteiger partial charge in [0.05, 0.1) is 24.9 Å². The Bertz CT molecular complexity index is 1340. The number of nitrogens with zero attached hydrogens (tertiary/aromatic N) is 3. The molecule has 10 heteroatoms. The molecule has 4 rings (SSSR count). The maximum absolute atomic E-state index is 10.2. The van der Waals surface area contributed by atoms with Crippen molar-refractivity contribution in [1.82, 2.24) is 9.29 Å². The lowest BCUT2D eigenvalue weighted by atomic mass is 10.0. The first-order valence-corrected chi connectivity index (χ1v) is 14.4. The molecule has 4 N–H and O–H groups in total. The number of rotatable bonds is 12. The van der Waals surface area contributed by atoms with Crippen LogP contribution in [0.2, 0.25) is 0 Å². The summed E-state index contributed by atoms with van der Waals surface area (Å²) in [6.45, 7) is 6.21. The molecule has 0 spiro atoms. The predicted molar refractivity (Wildman–Crippen MR) is 159 cm³/mol. The number of hydrogen-bond donors (Lipinski definition) is 4. The van der Waals surface area contributed by atoms with Crippen molar-refractivity contribution in [3.05, 3.63) is 60.0 Å². The fraction of sp³-hybridized carbons (Fsp3) is 0.433. The zero-order chi connectivity index (χ0) is 28.6. The van der Waals surface area contributed by atoms with Crippen LogP contribution in [0.1, 0.15) is 38.8 Å². The van der Waals surface area contributed by atoms with Gasteiger partial charge in [0.1, 0.15) is 18.3 Å². The van der Waals surface area contributed by atoms with Crippen molar-refractivity contribution in [3.8, 4) is 17.3 Å². The van der Waals surface area contributed by atoms with E-state index < -0.39 is 24.5 Å². The Hall–Kier alpha value is -3.04. The number of aromatic nitrogens is 1. The summed E-state index contributed by atoms with van der Waals surface area (Å²) in [6, 6.07) is 18.2. The van der Waals surface area contributed by atoms with E-state index >= 15 is 0 Å². The highest BCUT2D eigenvalue weighted by atomic mass is 32.2. The van der Waals surface area contributed by atoms with Gasteiger partial charge in [-0.15, -0.1) is 0 Å². The van der Waals surface area contributed by atoms with Gasteiger partial charge in [0, 0.05) is 49.7 Å². The number of aliphatic hydroxyl groups excluding tert-OH is 3. The standard InChI is InChI=1S/C30H38N4O5S/c1-4-12-34(13-5-2)24-9-8-20-14-22(7-6-21(20)15-24)27-11-10-23(33(27)3)16-25(18-31)39-40-32-29-28(36)17-26(19-35)38-30(29)37/h6-11,14-16,26,28-30,32,35-37H,4-5,12-13,17,19H2,1-3H3/b25-16+. The highest BCUT2D eigenvalue weighted by molar-refractivity contribution is 7.92. The summed E-state index contributed by atoms with van der Waals surface area (Å²) in [5, 5.41) is 41.5. The molecule has 0 radical (unpaired) electrons. The quantitative estimate of drug-likeness (QED) is 0.110. The molecular weight excluding hydrogens is 528 g/mol. The maximum Gasteiger partial charge on any atom is 0.217 e. The van der Waals surface area contributed by atoms with Crippen molar-refractivity contribution in [2.45, 2.75) is 57.6 Å². The predicted octanol–water partition coefficient (Wildman–Crippen LogP) is 4.33. The van der Waals surface area contributed by atoms with Gasteiger partial charge in [-0.2, -0.15) is 5.26 Å². The lowest BCUT2D eigenvalue weighted by Crippen LogP contribution is -2.54. The molecule has 1 aromatic heterocycles. The molecule has 0 amide bonds. The molecule has 3 aromatic rings. The SMILES string of the molecule is CCCN(CCC)c1ccc2cc(-c3ccc(/C=C(\C#N)OSNC4C(O)CC(CO)OC4O)n3C)ccc2c1. The van der Waals surface area contributed by atoms with Crippen molar-refractivity contribution in [3.63, 3.8) is 0 Å². The van der Waals surface area contributed by atoms with Gasteiger partial charge in [-0.1, -0.05) is 32.0 Å². The Morgan fingerprint density at radius 1 is 1.15 bits per heavy atom. The van der Waals surface area contributed by atoms with Crippen molar-refractivity contribution < 1.29 is 24.2 Å². The molecule has 0 bridgehead atoms. The number of anilines is 1. The normalized spacial score (nSPS) is 21.4. The Balaban J connectivity index is 1.45. The van der Waals surface area contributed by atoms with Gasteiger partial charge < -0.3 is 33.7 Å². The maximum atomic E-state index is 10.2. The summed E-state index contributed by atoms with van der Waals surface area (Å²) in [7, 11) is 1.94. The van der Waals surface area contributed by atoms with Gasteiger partial charge in [0.2, 0.25) is 5.76 Å². The van der Waals surface area contributed by atoms with E-state index in [0.29, 0.717) is 0 Å². The zero-order valence-corrected chi connectivity index (χ0v) is 24.0. The third kappa shape index (κ3) is 6.99. The molecule has 1 aliphatic heterocycles. The van der Waals surface area contributed by atoms with E-state index in [0.717, 1.165) is 60.5 Å². The van der Waals surface area contributed by atoms with Gasteiger partial charge in [-0.25, -0.2) is 4.72 Å². The minimum Gasteiger partial charge on any atom is -0.398 e. The second-order valence-corrected chi connectivity index (χ2v) is 10.6. The van der Waals surface area contributed by atoms with Crippen molar-refractivity contribution in [1.29, 1.82) is 5.26 Å². The largest absolute Gasteiger partial charge is 0.398 e. The van der Waals surface area contributed by atoms with Crippen LogP contribution in [0.5, 0.6) is 0 Å². The highest BCUT2D eigenvalue weighted by Crippen LogP contribution is 2.30. The number of nitriles is 1. The summed E-state index contributed by atoms with van der Waals surface area (Å²) < 4.78 is 15.5. The van der Waals surface area contributed by atoms with E-state index in [1.54, 1.807) is 6.08 Å². The lowest BCUT2D eigenvalue weighted by Gasteiger charge is -2.36. The fourth-order valence-corrected chi connectivity index (χ4v) is 5.60. The molecule has 1 aliphatic rings. The topological polar surface area (TPSA) is 123 Å². The van der Waals surface area contributed by atoms with Crippen molar-refractivity contribution in [2.75, 3.05) is 24.6 Å². The Labute approximate surface area is 240 Å². The number of fused-ring (bicyclic) bond motifs is 1. The van der Waals surface area contributed by atoms with Gasteiger partial charge in [0.15, 0.2) is 6.29 Å². The molecule has 4 unspecified atom stereocenters. The summed E-state index contributed by atoms with van der Waals surface area (Å²) in [5.41, 5.74) is 4.10. The third-order valence-electron chi connectivity index (χ3n) is 7.10. The van der Waals surface area contributed by atoms with Gasteiger partial charge in [-0.05, 0) is 59.5 Å².